The molecule has 3 heterocycles. The molecule has 47 heavy (non-hydrogen) atoms. The number of aromatic nitrogens is 3. The fourth-order valence-corrected chi connectivity index (χ4v) is 6.76. The molecule has 1 fully saturated rings. The van der Waals surface area contributed by atoms with Gasteiger partial charge in [-0.05, 0) is 67.2 Å². The van der Waals surface area contributed by atoms with E-state index in [0.29, 0.717) is 46.8 Å². The van der Waals surface area contributed by atoms with Crippen LogP contribution < -0.4 is 10.6 Å². The Bertz CT molecular complexity index is 1930. The molecule has 2 aromatic heterocycles. The quantitative estimate of drug-likeness (QED) is 0.208. The molecule has 1 saturated heterocycles. The summed E-state index contributed by atoms with van der Waals surface area (Å²) < 4.78 is 33.7. The highest BCUT2D eigenvalue weighted by Crippen LogP contribution is 2.39. The predicted molar refractivity (Wildman–Crippen MR) is 192 cm³/mol. The molecule has 0 N–H and O–H groups in total. The number of nitrogens with zero attached hydrogens (tertiary/aromatic N) is 5. The number of hydrogen-bond acceptors (Lipinski definition) is 5. The SMILES string of the molecule is BC(B)=Cc1cccc(F)c1-c1cc2c(cc1F)c(N1[C@@H](C)CN(C(=O)C=C)C[C@@H]1C)nc(=O)n2-c1c(C(C)C)ccnc1C(C)C. The van der Waals surface area contributed by atoms with Crippen LogP contribution in [0.4, 0.5) is 14.6 Å². The number of anilines is 1. The smallest absolute Gasteiger partial charge is 0.347 e. The van der Waals surface area contributed by atoms with Gasteiger partial charge in [0.2, 0.25) is 5.91 Å². The molecule has 11 heteroatoms. The van der Waals surface area contributed by atoms with Crippen molar-refractivity contribution >= 4 is 44.4 Å². The lowest BCUT2D eigenvalue weighted by Gasteiger charge is -2.45. The summed E-state index contributed by atoms with van der Waals surface area (Å²) in [6.07, 6.45) is 4.85. The van der Waals surface area contributed by atoms with Crippen molar-refractivity contribution in [3.63, 3.8) is 0 Å². The van der Waals surface area contributed by atoms with Gasteiger partial charge in [-0.15, -0.1) is 5.37 Å². The van der Waals surface area contributed by atoms with Gasteiger partial charge in [0, 0.05) is 47.9 Å². The maximum Gasteiger partial charge on any atom is 0.354 e. The van der Waals surface area contributed by atoms with Crippen molar-refractivity contribution in [3.05, 3.63) is 99.6 Å². The first kappa shape index (κ1) is 33.8. The Kier molecular flexibility index (Phi) is 9.57. The molecule has 0 bridgehead atoms. The number of carbonyl (C=O) groups excluding carboxylic acids is 1. The lowest BCUT2D eigenvalue weighted by molar-refractivity contribution is -0.127. The molecule has 0 radical (unpaired) electrons. The van der Waals surface area contributed by atoms with Crippen LogP contribution in [0, 0.1) is 11.6 Å². The summed E-state index contributed by atoms with van der Waals surface area (Å²) in [6.45, 7) is 16.4. The number of fused-ring (bicyclic) bond motifs is 1. The molecule has 242 valence electrons. The van der Waals surface area contributed by atoms with Gasteiger partial charge >= 0.3 is 5.69 Å². The number of piperazine rings is 1. The molecule has 1 aliphatic heterocycles. The van der Waals surface area contributed by atoms with E-state index in [9.17, 15) is 9.59 Å². The monoisotopic (exact) mass is 635 g/mol. The van der Waals surface area contributed by atoms with E-state index >= 15 is 8.78 Å². The predicted octanol–water partition coefficient (Wildman–Crippen LogP) is 5.15. The maximum atomic E-state index is 16.5. The van der Waals surface area contributed by atoms with Gasteiger partial charge in [0.25, 0.3) is 0 Å². The Morgan fingerprint density at radius 1 is 1.02 bits per heavy atom. The van der Waals surface area contributed by atoms with Crippen LogP contribution in [0.1, 0.15) is 70.2 Å². The molecule has 4 aromatic rings. The first-order chi connectivity index (χ1) is 22.2. The minimum atomic E-state index is -0.639. The number of pyridine rings is 1. The fourth-order valence-electron chi connectivity index (χ4n) is 6.76. The lowest BCUT2D eigenvalue weighted by Crippen LogP contribution is -2.58. The topological polar surface area (TPSA) is 71.3 Å². The van der Waals surface area contributed by atoms with E-state index in [1.807, 2.05) is 74.3 Å². The highest BCUT2D eigenvalue weighted by molar-refractivity contribution is 6.50. The Morgan fingerprint density at radius 2 is 1.70 bits per heavy atom. The average Bonchev–Trinajstić information content (AvgIpc) is 3.00. The van der Waals surface area contributed by atoms with Crippen LogP contribution in [0.25, 0.3) is 33.8 Å². The molecule has 5 rings (SSSR count). The van der Waals surface area contributed by atoms with Crippen molar-refractivity contribution in [2.75, 3.05) is 18.0 Å². The third-order valence-corrected chi connectivity index (χ3v) is 8.75. The molecular formula is C36H41B2F2N5O2. The van der Waals surface area contributed by atoms with Gasteiger partial charge < -0.3 is 9.80 Å². The van der Waals surface area contributed by atoms with E-state index in [-0.39, 0.29) is 41.0 Å². The van der Waals surface area contributed by atoms with E-state index in [4.69, 9.17) is 0 Å². The van der Waals surface area contributed by atoms with Gasteiger partial charge in [-0.25, -0.2) is 13.6 Å². The molecule has 0 unspecified atom stereocenters. The van der Waals surface area contributed by atoms with Crippen molar-refractivity contribution in [2.45, 2.75) is 65.5 Å². The van der Waals surface area contributed by atoms with Gasteiger partial charge in [0.15, 0.2) is 0 Å². The second-order valence-corrected chi connectivity index (χ2v) is 13.3. The number of halogens is 2. The minimum Gasteiger partial charge on any atom is -0.347 e. The molecule has 0 aliphatic carbocycles. The first-order valence-electron chi connectivity index (χ1n) is 16.1. The zero-order valence-electron chi connectivity index (χ0n) is 28.4. The van der Waals surface area contributed by atoms with Crippen LogP contribution in [0.3, 0.4) is 0 Å². The van der Waals surface area contributed by atoms with Crippen molar-refractivity contribution < 1.29 is 13.6 Å². The number of carbonyl (C=O) groups is 1. The fraction of sp³-hybridized carbons (Fsp3) is 0.333. The summed E-state index contributed by atoms with van der Waals surface area (Å²) in [4.78, 5) is 40.0. The molecule has 0 saturated carbocycles. The van der Waals surface area contributed by atoms with E-state index in [0.717, 1.165) is 10.9 Å². The Labute approximate surface area is 276 Å². The molecule has 7 nitrogen and oxygen atoms in total. The Morgan fingerprint density at radius 3 is 2.30 bits per heavy atom. The number of hydrogen-bond donors (Lipinski definition) is 0. The van der Waals surface area contributed by atoms with Crippen LogP contribution >= 0.6 is 0 Å². The first-order valence-corrected chi connectivity index (χ1v) is 16.1. The number of rotatable bonds is 7. The van der Waals surface area contributed by atoms with Crippen LogP contribution in [0.2, 0.25) is 0 Å². The van der Waals surface area contributed by atoms with E-state index in [1.54, 1.807) is 29.3 Å². The summed E-state index contributed by atoms with van der Waals surface area (Å²) >= 11 is 0. The van der Waals surface area contributed by atoms with Crippen LogP contribution in [-0.4, -0.2) is 66.2 Å². The van der Waals surface area contributed by atoms with Crippen molar-refractivity contribution in [2.24, 2.45) is 0 Å². The zero-order chi connectivity index (χ0) is 34.3. The van der Waals surface area contributed by atoms with Crippen LogP contribution in [0.15, 0.2) is 65.4 Å². The highest BCUT2D eigenvalue weighted by Gasteiger charge is 2.34. The lowest BCUT2D eigenvalue weighted by atomic mass is 9.77. The average molecular weight is 635 g/mol. The number of amides is 1. The normalized spacial score (nSPS) is 16.6. The van der Waals surface area contributed by atoms with Crippen LogP contribution in [-0.2, 0) is 4.79 Å². The third-order valence-electron chi connectivity index (χ3n) is 8.75. The Balaban J connectivity index is 1.91. The second-order valence-electron chi connectivity index (χ2n) is 13.3. The number of benzene rings is 2. The Hall–Kier alpha value is -4.53. The minimum absolute atomic E-state index is 0.0263. The van der Waals surface area contributed by atoms with Gasteiger partial charge in [0.1, 0.15) is 33.1 Å². The van der Waals surface area contributed by atoms with Crippen molar-refractivity contribution in [1.29, 1.82) is 0 Å². The summed E-state index contributed by atoms with van der Waals surface area (Å²) in [7, 11) is 3.80. The molecule has 2 atom stereocenters. The van der Waals surface area contributed by atoms with Gasteiger partial charge in [-0.3, -0.25) is 14.3 Å². The summed E-state index contributed by atoms with van der Waals surface area (Å²) in [5, 5.41) is 1.33. The molecule has 1 amide bonds. The van der Waals surface area contributed by atoms with E-state index < -0.39 is 17.3 Å². The molecule has 1 aliphatic rings. The summed E-state index contributed by atoms with van der Waals surface area (Å²) in [5.41, 5.74) is 2.72. The highest BCUT2D eigenvalue weighted by atomic mass is 19.1. The summed E-state index contributed by atoms with van der Waals surface area (Å²) in [6, 6.07) is 9.01. The summed E-state index contributed by atoms with van der Waals surface area (Å²) in [5.74, 6) is -1.09. The maximum absolute atomic E-state index is 16.5. The standard InChI is InChI=1S/C36H41B2F2N5O2/c1-8-31(46)43-17-21(6)44(22(7)18-43)35-26-15-28(40)25(32-23(14-30(37)38)10-9-11-27(32)39)16-29(26)45(36(47)42-35)34-24(19(2)3)12-13-41-33(34)20(4)5/h8-16,19-22H,1,17-18,37-38H2,2-7H3/t21-,22-/m0/s1. The van der Waals surface area contributed by atoms with Crippen molar-refractivity contribution in [3.8, 4) is 16.8 Å². The van der Waals surface area contributed by atoms with Gasteiger partial charge in [-0.2, -0.15) is 4.98 Å². The zero-order valence-corrected chi connectivity index (χ0v) is 28.4. The van der Waals surface area contributed by atoms with Crippen LogP contribution in [0.5, 0.6) is 0 Å². The molecule has 0 spiro atoms. The van der Waals surface area contributed by atoms with E-state index in [1.165, 1.54) is 22.8 Å². The molecular weight excluding hydrogens is 594 g/mol. The third kappa shape index (κ3) is 6.27. The second kappa shape index (κ2) is 13.3. The molecule has 2 aromatic carbocycles. The largest absolute Gasteiger partial charge is 0.354 e. The van der Waals surface area contributed by atoms with Gasteiger partial charge in [0.05, 0.1) is 16.9 Å². The van der Waals surface area contributed by atoms with Gasteiger partial charge in [-0.1, -0.05) is 52.5 Å². The van der Waals surface area contributed by atoms with Crippen molar-refractivity contribution in [1.82, 2.24) is 19.4 Å². The van der Waals surface area contributed by atoms with E-state index in [2.05, 4.69) is 16.5 Å².